The van der Waals surface area contributed by atoms with Crippen LogP contribution >= 0.6 is 24.0 Å². The van der Waals surface area contributed by atoms with Crippen molar-refractivity contribution in [1.82, 2.24) is 25.4 Å². The van der Waals surface area contributed by atoms with Crippen LogP contribution in [-0.2, 0) is 24.9 Å². The van der Waals surface area contributed by atoms with Gasteiger partial charge in [0.05, 0.1) is 13.1 Å². The van der Waals surface area contributed by atoms with Crippen molar-refractivity contribution in [3.8, 4) is 0 Å². The Morgan fingerprint density at radius 1 is 1.26 bits per heavy atom. The van der Waals surface area contributed by atoms with Crippen molar-refractivity contribution < 1.29 is 4.79 Å². The molecular weight excluding hydrogens is 457 g/mol. The number of aromatic nitrogens is 3. The Balaban J connectivity index is 0.00000364. The van der Waals surface area contributed by atoms with Crippen LogP contribution in [0.25, 0.3) is 0 Å². The van der Waals surface area contributed by atoms with Gasteiger partial charge in [0, 0.05) is 25.7 Å². The number of benzene rings is 1. The average Bonchev–Trinajstić information content (AvgIpc) is 3.03. The molecule has 0 spiro atoms. The number of guanidine groups is 1. The fraction of sp³-hybridized carbons (Fsp3) is 0.444. The second kappa shape index (κ2) is 12.3. The molecule has 0 aliphatic carbocycles. The van der Waals surface area contributed by atoms with Gasteiger partial charge in [0.2, 0.25) is 5.91 Å². The van der Waals surface area contributed by atoms with Crippen molar-refractivity contribution in [2.45, 2.75) is 39.8 Å². The maximum atomic E-state index is 11.7. The third-order valence-electron chi connectivity index (χ3n) is 3.67. The van der Waals surface area contributed by atoms with Crippen LogP contribution in [0.2, 0.25) is 0 Å². The number of carbonyl (C=O) groups excluding carboxylic acids is 1. The van der Waals surface area contributed by atoms with Crippen LogP contribution in [-0.4, -0.2) is 33.2 Å². The van der Waals surface area contributed by atoms with Gasteiger partial charge in [-0.1, -0.05) is 19.1 Å². The highest BCUT2D eigenvalue weighted by atomic mass is 127. The molecule has 3 N–H and O–H groups in total. The van der Waals surface area contributed by atoms with Crippen LogP contribution in [0.5, 0.6) is 0 Å². The third-order valence-corrected chi connectivity index (χ3v) is 3.67. The normalized spacial score (nSPS) is 10.9. The van der Waals surface area contributed by atoms with E-state index in [9.17, 15) is 4.79 Å². The van der Waals surface area contributed by atoms with Crippen LogP contribution in [0, 0.1) is 0 Å². The molecule has 1 amide bonds. The summed E-state index contributed by atoms with van der Waals surface area (Å²) < 4.78 is 1.72. The van der Waals surface area contributed by atoms with E-state index in [1.54, 1.807) is 4.68 Å². The lowest BCUT2D eigenvalue weighted by Crippen LogP contribution is -2.37. The van der Waals surface area contributed by atoms with Gasteiger partial charge >= 0.3 is 0 Å². The van der Waals surface area contributed by atoms with E-state index in [2.05, 4.69) is 31.0 Å². The second-order valence-corrected chi connectivity index (χ2v) is 5.85. The molecule has 0 radical (unpaired) electrons. The fourth-order valence-corrected chi connectivity index (χ4v) is 2.35. The van der Waals surface area contributed by atoms with Crippen LogP contribution in [0.4, 0.5) is 5.69 Å². The Labute approximate surface area is 177 Å². The summed E-state index contributed by atoms with van der Waals surface area (Å²) in [5.74, 6) is 1.57. The lowest BCUT2D eigenvalue weighted by Gasteiger charge is -2.11. The molecule has 0 fully saturated rings. The first-order valence-corrected chi connectivity index (χ1v) is 8.86. The number of aliphatic imine (C=N–C) groups is 1. The van der Waals surface area contributed by atoms with E-state index < -0.39 is 0 Å². The zero-order valence-electron chi connectivity index (χ0n) is 16.0. The van der Waals surface area contributed by atoms with Crippen molar-refractivity contribution >= 4 is 41.5 Å². The number of hydrogen-bond acceptors (Lipinski definition) is 4. The molecule has 0 aliphatic heterocycles. The summed E-state index contributed by atoms with van der Waals surface area (Å²) in [6, 6.07) is 7.75. The smallest absolute Gasteiger partial charge is 0.224 e. The number of nitrogens with zero attached hydrogens (tertiary/aromatic N) is 4. The van der Waals surface area contributed by atoms with Crippen LogP contribution < -0.4 is 16.0 Å². The average molecular weight is 485 g/mol. The van der Waals surface area contributed by atoms with E-state index in [0.29, 0.717) is 25.5 Å². The number of hydrogen-bond donors (Lipinski definition) is 3. The Morgan fingerprint density at radius 2 is 2.07 bits per heavy atom. The number of carbonyl (C=O) groups is 1. The second-order valence-electron chi connectivity index (χ2n) is 5.85. The van der Waals surface area contributed by atoms with E-state index in [1.807, 2.05) is 45.2 Å². The summed E-state index contributed by atoms with van der Waals surface area (Å²) in [6.07, 6.45) is 2.89. The highest BCUT2D eigenvalue weighted by Crippen LogP contribution is 2.12. The third kappa shape index (κ3) is 7.94. The molecule has 1 aromatic carbocycles. The molecule has 0 bridgehead atoms. The largest absolute Gasteiger partial charge is 0.357 e. The molecule has 0 aliphatic rings. The molecule has 9 heteroatoms. The summed E-state index contributed by atoms with van der Waals surface area (Å²) in [5.41, 5.74) is 1.82. The van der Waals surface area contributed by atoms with Gasteiger partial charge in [0.1, 0.15) is 12.2 Å². The summed E-state index contributed by atoms with van der Waals surface area (Å²) >= 11 is 0. The Bertz CT molecular complexity index is 745. The van der Waals surface area contributed by atoms with Gasteiger partial charge in [-0.2, -0.15) is 5.10 Å². The lowest BCUT2D eigenvalue weighted by atomic mass is 10.2. The first kappa shape index (κ1) is 22.9. The molecule has 2 rings (SSSR count). The van der Waals surface area contributed by atoms with E-state index in [1.165, 1.54) is 6.33 Å². The molecule has 1 aromatic heterocycles. The van der Waals surface area contributed by atoms with E-state index in [0.717, 1.165) is 30.0 Å². The van der Waals surface area contributed by atoms with Crippen LogP contribution in [0.15, 0.2) is 35.6 Å². The molecule has 0 unspecified atom stereocenters. The molecule has 2 aromatic rings. The number of nitrogens with one attached hydrogen (secondary N) is 3. The van der Waals surface area contributed by atoms with Gasteiger partial charge < -0.3 is 16.0 Å². The number of aryl methyl sites for hydroxylation is 1. The zero-order valence-corrected chi connectivity index (χ0v) is 18.4. The van der Waals surface area contributed by atoms with E-state index in [4.69, 9.17) is 0 Å². The Morgan fingerprint density at radius 3 is 2.74 bits per heavy atom. The quantitative estimate of drug-likeness (QED) is 0.303. The zero-order chi connectivity index (χ0) is 18.8. The van der Waals surface area contributed by atoms with Crippen molar-refractivity contribution in [2.75, 3.05) is 11.9 Å². The summed E-state index contributed by atoms with van der Waals surface area (Å²) in [7, 11) is 1.85. The molecule has 0 saturated carbocycles. The number of amides is 1. The minimum Gasteiger partial charge on any atom is -0.357 e. The Hall–Kier alpha value is -2.17. The van der Waals surface area contributed by atoms with Crippen molar-refractivity contribution in [3.05, 3.63) is 42.0 Å². The summed E-state index contributed by atoms with van der Waals surface area (Å²) in [5, 5.41) is 13.4. The van der Waals surface area contributed by atoms with Gasteiger partial charge in [0.15, 0.2) is 5.96 Å². The van der Waals surface area contributed by atoms with Crippen LogP contribution in [0.1, 0.15) is 38.1 Å². The first-order valence-electron chi connectivity index (χ1n) is 8.86. The minimum absolute atomic E-state index is 0. The molecule has 27 heavy (non-hydrogen) atoms. The van der Waals surface area contributed by atoms with Crippen molar-refractivity contribution in [1.29, 1.82) is 0 Å². The Kier molecular flexibility index (Phi) is 10.4. The van der Waals surface area contributed by atoms with Gasteiger partial charge in [-0.05, 0) is 31.0 Å². The van der Waals surface area contributed by atoms with E-state index in [-0.39, 0.29) is 29.9 Å². The highest BCUT2D eigenvalue weighted by Gasteiger charge is 2.04. The topological polar surface area (TPSA) is 96.2 Å². The lowest BCUT2D eigenvalue weighted by molar-refractivity contribution is -0.116. The van der Waals surface area contributed by atoms with Crippen molar-refractivity contribution in [2.24, 2.45) is 12.0 Å². The van der Waals surface area contributed by atoms with Gasteiger partial charge in [-0.3, -0.25) is 9.48 Å². The molecule has 0 atom stereocenters. The fourth-order valence-electron chi connectivity index (χ4n) is 2.35. The predicted octanol–water partition coefficient (Wildman–Crippen LogP) is 2.43. The highest BCUT2D eigenvalue weighted by molar-refractivity contribution is 14.0. The van der Waals surface area contributed by atoms with E-state index >= 15 is 0 Å². The minimum atomic E-state index is 0. The first-order chi connectivity index (χ1) is 12.6. The van der Waals surface area contributed by atoms with Crippen molar-refractivity contribution in [3.63, 3.8) is 0 Å². The number of rotatable bonds is 8. The number of halogens is 1. The molecule has 1 heterocycles. The van der Waals surface area contributed by atoms with Crippen LogP contribution in [0.3, 0.4) is 0 Å². The summed E-state index contributed by atoms with van der Waals surface area (Å²) in [6.45, 7) is 5.81. The summed E-state index contributed by atoms with van der Waals surface area (Å²) in [4.78, 5) is 20.5. The monoisotopic (exact) mass is 485 g/mol. The predicted molar refractivity (Wildman–Crippen MR) is 118 cm³/mol. The molecule has 0 saturated heterocycles. The maximum Gasteiger partial charge on any atom is 0.224 e. The molecule has 148 valence electrons. The van der Waals surface area contributed by atoms with Gasteiger partial charge in [-0.25, -0.2) is 9.98 Å². The van der Waals surface area contributed by atoms with Gasteiger partial charge in [-0.15, -0.1) is 24.0 Å². The number of anilines is 1. The standard InChI is InChI=1S/C18H27N7O.HI/c1-4-7-17(26)24-15-9-6-8-14(10-15)11-20-18(19-5-2)21-12-16-22-13-23-25(16)3;/h6,8-10,13H,4-5,7,11-12H2,1-3H3,(H,24,26)(H2,19,20,21);1H. The molecule has 8 nitrogen and oxygen atoms in total. The van der Waals surface area contributed by atoms with Gasteiger partial charge in [0.25, 0.3) is 0 Å². The molecular formula is C18H28IN7O. The SMILES string of the molecule is CCCC(=O)Nc1cccc(CN=C(NCC)NCc2ncnn2C)c1.I. The maximum absolute atomic E-state index is 11.7.